The number of fused-ring (bicyclic) bond motifs is 1. The van der Waals surface area contributed by atoms with Crippen molar-refractivity contribution < 1.29 is 17.6 Å². The van der Waals surface area contributed by atoms with Gasteiger partial charge in [-0.05, 0) is 55.6 Å². The van der Waals surface area contributed by atoms with E-state index >= 15 is 0 Å². The largest absolute Gasteiger partial charge is 0.336 e. The Morgan fingerprint density at radius 2 is 1.75 bits per heavy atom. The van der Waals surface area contributed by atoms with Crippen molar-refractivity contribution in [1.29, 1.82) is 0 Å². The molecule has 1 saturated heterocycles. The Morgan fingerprint density at radius 1 is 1.03 bits per heavy atom. The molecule has 9 nitrogen and oxygen atoms in total. The number of carbonyl (C=O) groups excluding carboxylic acids is 1. The maximum Gasteiger partial charge on any atom is 0.256 e. The van der Waals surface area contributed by atoms with Crippen molar-refractivity contribution >= 4 is 38.4 Å². The minimum Gasteiger partial charge on any atom is -0.336 e. The summed E-state index contributed by atoms with van der Waals surface area (Å²) in [5, 5.41) is 3.86. The van der Waals surface area contributed by atoms with Crippen LogP contribution in [0.4, 0.5) is 16.0 Å². The highest BCUT2D eigenvalue weighted by molar-refractivity contribution is 7.90. The van der Waals surface area contributed by atoms with E-state index in [9.17, 15) is 17.6 Å². The maximum atomic E-state index is 14.5. The fourth-order valence-electron chi connectivity index (χ4n) is 4.12. The Kier molecular flexibility index (Phi) is 6.19. The lowest BCUT2D eigenvalue weighted by atomic mass is 10.1. The number of hydrogen-bond donors (Lipinski definition) is 1. The molecule has 4 aromatic rings. The molecule has 1 aliphatic rings. The number of carbonyl (C=O) groups is 1. The van der Waals surface area contributed by atoms with Gasteiger partial charge in [0.15, 0.2) is 9.84 Å². The predicted octanol–water partition coefficient (Wildman–Crippen LogP) is 3.09. The number of benzene rings is 2. The molecule has 2 aromatic heterocycles. The lowest BCUT2D eigenvalue weighted by Crippen LogP contribution is -2.47. The van der Waals surface area contributed by atoms with Crippen LogP contribution >= 0.6 is 0 Å². The molecule has 0 bridgehead atoms. The van der Waals surface area contributed by atoms with Gasteiger partial charge in [-0.3, -0.25) is 4.79 Å². The van der Waals surface area contributed by atoms with Crippen LogP contribution in [0.15, 0.2) is 65.8 Å². The Labute approximate surface area is 208 Å². The second-order valence-corrected chi connectivity index (χ2v) is 10.9. The standard InChI is InChI=1S/C25H25FN6O3S/c1-30-11-13-31(14-12-30)24(33)21-15-18(3-8-22(21)26)28-25-27-16-17-9-10-32(23(17)29-25)19-4-6-20(7-5-19)36(2,34)35/h3-10,15-16H,11-14H2,1-2H3,(H,27,28,29). The van der Waals surface area contributed by atoms with Crippen molar-refractivity contribution in [3.8, 4) is 5.69 Å². The van der Waals surface area contributed by atoms with Gasteiger partial charge in [0.05, 0.1) is 10.5 Å². The third-order valence-electron chi connectivity index (χ3n) is 6.21. The van der Waals surface area contributed by atoms with E-state index in [2.05, 4.69) is 20.2 Å². The number of halogens is 1. The van der Waals surface area contributed by atoms with E-state index in [1.807, 2.05) is 23.9 Å². The average molecular weight is 509 g/mol. The first-order chi connectivity index (χ1) is 17.2. The fraction of sp³-hybridized carbons (Fsp3) is 0.240. The molecule has 0 saturated carbocycles. The predicted molar refractivity (Wildman–Crippen MR) is 135 cm³/mol. The number of nitrogens with zero attached hydrogens (tertiary/aromatic N) is 5. The molecule has 1 fully saturated rings. The second kappa shape index (κ2) is 9.32. The summed E-state index contributed by atoms with van der Waals surface area (Å²) < 4.78 is 39.9. The van der Waals surface area contributed by atoms with Crippen LogP contribution in [-0.2, 0) is 9.84 Å². The normalized spacial score (nSPS) is 14.8. The number of amides is 1. The van der Waals surface area contributed by atoms with E-state index in [0.29, 0.717) is 24.4 Å². The molecule has 5 rings (SSSR count). The van der Waals surface area contributed by atoms with Crippen LogP contribution in [0.2, 0.25) is 0 Å². The summed E-state index contributed by atoms with van der Waals surface area (Å²) in [6.07, 6.45) is 4.65. The summed E-state index contributed by atoms with van der Waals surface area (Å²) in [5.74, 6) is -0.640. The Hall–Kier alpha value is -3.83. The molecular weight excluding hydrogens is 483 g/mol. The average Bonchev–Trinajstić information content (AvgIpc) is 3.28. The molecule has 186 valence electrons. The van der Waals surface area contributed by atoms with E-state index in [0.717, 1.165) is 30.4 Å². The van der Waals surface area contributed by atoms with E-state index in [1.165, 1.54) is 18.2 Å². The molecule has 0 aliphatic carbocycles. The maximum absolute atomic E-state index is 14.5. The van der Waals surface area contributed by atoms with Crippen LogP contribution in [0, 0.1) is 5.82 Å². The molecule has 1 aliphatic heterocycles. The molecule has 1 N–H and O–H groups in total. The Morgan fingerprint density at radius 3 is 2.44 bits per heavy atom. The minimum atomic E-state index is -3.30. The van der Waals surface area contributed by atoms with Gasteiger partial charge in [-0.25, -0.2) is 17.8 Å². The van der Waals surface area contributed by atoms with Crippen LogP contribution in [0.3, 0.4) is 0 Å². The highest BCUT2D eigenvalue weighted by Crippen LogP contribution is 2.24. The molecule has 1 amide bonds. The van der Waals surface area contributed by atoms with Crippen molar-refractivity contribution in [3.05, 3.63) is 72.3 Å². The Bertz CT molecular complexity index is 1540. The number of rotatable bonds is 5. The van der Waals surface area contributed by atoms with Gasteiger partial charge < -0.3 is 19.7 Å². The first-order valence-electron chi connectivity index (χ1n) is 11.4. The molecule has 11 heteroatoms. The number of hydrogen-bond acceptors (Lipinski definition) is 7. The fourth-order valence-corrected chi connectivity index (χ4v) is 4.75. The van der Waals surface area contributed by atoms with Gasteiger partial charge in [-0.15, -0.1) is 0 Å². The first kappa shape index (κ1) is 23.9. The number of nitrogens with one attached hydrogen (secondary N) is 1. The van der Waals surface area contributed by atoms with Crippen molar-refractivity contribution in [2.75, 3.05) is 44.8 Å². The van der Waals surface area contributed by atoms with Crippen LogP contribution in [0.1, 0.15) is 10.4 Å². The second-order valence-electron chi connectivity index (χ2n) is 8.84. The van der Waals surface area contributed by atoms with Crippen LogP contribution in [0.5, 0.6) is 0 Å². The van der Waals surface area contributed by atoms with Gasteiger partial charge in [-0.2, -0.15) is 4.98 Å². The molecule has 3 heterocycles. The van der Waals surface area contributed by atoms with Gasteiger partial charge in [0.2, 0.25) is 5.95 Å². The summed E-state index contributed by atoms with van der Waals surface area (Å²) in [6.45, 7) is 2.59. The number of likely N-dealkylation sites (N-methyl/N-ethyl adjacent to an activating group) is 1. The van der Waals surface area contributed by atoms with E-state index in [1.54, 1.807) is 35.4 Å². The van der Waals surface area contributed by atoms with E-state index < -0.39 is 15.7 Å². The number of sulfone groups is 1. The van der Waals surface area contributed by atoms with Crippen molar-refractivity contribution in [2.24, 2.45) is 0 Å². The summed E-state index contributed by atoms with van der Waals surface area (Å²) in [5.41, 5.74) is 1.84. The quantitative estimate of drug-likeness (QED) is 0.442. The molecule has 36 heavy (non-hydrogen) atoms. The third-order valence-corrected chi connectivity index (χ3v) is 7.34. The van der Waals surface area contributed by atoms with Gasteiger partial charge in [0, 0.05) is 61.6 Å². The number of piperazine rings is 1. The summed E-state index contributed by atoms with van der Waals surface area (Å²) in [7, 11) is -1.30. The van der Waals surface area contributed by atoms with Crippen LogP contribution < -0.4 is 5.32 Å². The highest BCUT2D eigenvalue weighted by Gasteiger charge is 2.23. The highest BCUT2D eigenvalue weighted by atomic mass is 32.2. The van der Waals surface area contributed by atoms with Crippen molar-refractivity contribution in [3.63, 3.8) is 0 Å². The zero-order chi connectivity index (χ0) is 25.4. The minimum absolute atomic E-state index is 0.0000255. The summed E-state index contributed by atoms with van der Waals surface area (Å²) >= 11 is 0. The molecule has 0 radical (unpaired) electrons. The number of anilines is 2. The molecule has 0 spiro atoms. The number of aromatic nitrogens is 3. The lowest BCUT2D eigenvalue weighted by Gasteiger charge is -2.32. The van der Waals surface area contributed by atoms with Crippen molar-refractivity contribution in [1.82, 2.24) is 24.3 Å². The molecule has 2 aromatic carbocycles. The molecular formula is C25H25FN6O3S. The monoisotopic (exact) mass is 508 g/mol. The topological polar surface area (TPSA) is 100 Å². The van der Waals surface area contributed by atoms with Crippen LogP contribution in [0.25, 0.3) is 16.7 Å². The van der Waals surface area contributed by atoms with Gasteiger partial charge in [0.1, 0.15) is 11.5 Å². The summed E-state index contributed by atoms with van der Waals surface area (Å²) in [6, 6.07) is 12.6. The van der Waals surface area contributed by atoms with Gasteiger partial charge >= 0.3 is 0 Å². The Balaban J connectivity index is 1.41. The summed E-state index contributed by atoms with van der Waals surface area (Å²) in [4.78, 5) is 25.9. The smallest absolute Gasteiger partial charge is 0.256 e. The molecule has 0 unspecified atom stereocenters. The molecule has 0 atom stereocenters. The van der Waals surface area contributed by atoms with E-state index in [4.69, 9.17) is 0 Å². The lowest BCUT2D eigenvalue weighted by molar-refractivity contribution is 0.0659. The van der Waals surface area contributed by atoms with Gasteiger partial charge in [-0.1, -0.05) is 0 Å². The van der Waals surface area contributed by atoms with Gasteiger partial charge in [0.25, 0.3) is 5.91 Å². The zero-order valence-corrected chi connectivity index (χ0v) is 20.7. The van der Waals surface area contributed by atoms with Crippen LogP contribution in [-0.4, -0.2) is 78.1 Å². The SMILES string of the molecule is CN1CCN(C(=O)c2cc(Nc3ncc4ccn(-c5ccc(S(C)(=O)=O)cc5)c4n3)ccc2F)CC1. The first-order valence-corrected chi connectivity index (χ1v) is 13.3. The third kappa shape index (κ3) is 4.79. The van der Waals surface area contributed by atoms with Crippen molar-refractivity contribution in [2.45, 2.75) is 4.90 Å². The zero-order valence-electron chi connectivity index (χ0n) is 19.8. The van der Waals surface area contributed by atoms with E-state index in [-0.39, 0.29) is 22.3 Å².